The highest BCUT2D eigenvalue weighted by molar-refractivity contribution is 5.51. The molecule has 1 atom stereocenters. The van der Waals surface area contributed by atoms with Crippen molar-refractivity contribution in [3.05, 3.63) is 54.1 Å². The molecule has 0 heterocycles. The lowest BCUT2D eigenvalue weighted by Gasteiger charge is -2.14. The highest BCUT2D eigenvalue weighted by Gasteiger charge is 2.13. The van der Waals surface area contributed by atoms with Gasteiger partial charge in [0.05, 0.1) is 13.2 Å². The number of methoxy groups -OCH3 is 1. The van der Waals surface area contributed by atoms with Crippen LogP contribution in [0.4, 0.5) is 5.69 Å². The number of ether oxygens (including phenoxy) is 1. The second-order valence-corrected chi connectivity index (χ2v) is 3.99. The number of rotatable bonds is 4. The molecule has 4 heteroatoms. The quantitative estimate of drug-likeness (QED) is 0.880. The van der Waals surface area contributed by atoms with Crippen molar-refractivity contribution in [1.29, 1.82) is 5.26 Å². The minimum atomic E-state index is -0.602. The van der Waals surface area contributed by atoms with Crippen LogP contribution < -0.4 is 10.1 Å². The van der Waals surface area contributed by atoms with Crippen molar-refractivity contribution >= 4 is 5.69 Å². The fraction of sp³-hybridized carbons (Fsp3) is 0.133. The first kappa shape index (κ1) is 12.8. The molecular formula is C15H14N2O2. The van der Waals surface area contributed by atoms with Crippen LogP contribution in [-0.2, 0) is 0 Å². The molecule has 1 unspecified atom stereocenters. The fourth-order valence-electron chi connectivity index (χ4n) is 1.77. The minimum absolute atomic E-state index is 0.107. The summed E-state index contributed by atoms with van der Waals surface area (Å²) in [6.45, 7) is 0. The Kier molecular flexibility index (Phi) is 3.89. The van der Waals surface area contributed by atoms with E-state index in [1.54, 1.807) is 31.4 Å². The monoisotopic (exact) mass is 254 g/mol. The number of hydrogen-bond acceptors (Lipinski definition) is 4. The normalized spacial score (nSPS) is 11.4. The predicted octanol–water partition coefficient (Wildman–Crippen LogP) is 3.08. The predicted molar refractivity (Wildman–Crippen MR) is 73.1 cm³/mol. The zero-order valence-electron chi connectivity index (χ0n) is 10.5. The molecule has 96 valence electrons. The Morgan fingerprint density at radius 2 is 1.84 bits per heavy atom. The van der Waals surface area contributed by atoms with E-state index < -0.39 is 6.04 Å². The van der Waals surface area contributed by atoms with E-state index in [1.165, 1.54) is 0 Å². The number of nitrogens with one attached hydrogen (secondary N) is 1. The molecule has 0 aliphatic rings. The number of nitrogens with zero attached hydrogens (tertiary/aromatic N) is 1. The molecule has 4 nitrogen and oxygen atoms in total. The van der Waals surface area contributed by atoms with Gasteiger partial charge in [-0.15, -0.1) is 0 Å². The largest absolute Gasteiger partial charge is 0.508 e. The molecule has 0 radical (unpaired) electrons. The molecule has 0 spiro atoms. The number of benzene rings is 2. The molecular weight excluding hydrogens is 240 g/mol. The minimum Gasteiger partial charge on any atom is -0.508 e. The van der Waals surface area contributed by atoms with Crippen molar-refractivity contribution in [3.63, 3.8) is 0 Å². The first-order chi connectivity index (χ1) is 9.24. The second-order valence-electron chi connectivity index (χ2n) is 3.99. The van der Waals surface area contributed by atoms with Crippen LogP contribution in [-0.4, -0.2) is 12.2 Å². The molecule has 0 aromatic heterocycles. The lowest BCUT2D eigenvalue weighted by Crippen LogP contribution is -2.08. The summed E-state index contributed by atoms with van der Waals surface area (Å²) < 4.78 is 5.07. The Balaban J connectivity index is 2.20. The third-order valence-corrected chi connectivity index (χ3v) is 2.78. The summed E-state index contributed by atoms with van der Waals surface area (Å²) in [5.41, 5.74) is 1.34. The maximum absolute atomic E-state index is 9.76. The molecule has 0 saturated heterocycles. The lowest BCUT2D eigenvalue weighted by atomic mass is 10.1. The van der Waals surface area contributed by atoms with E-state index in [-0.39, 0.29) is 5.75 Å². The molecule has 2 aromatic rings. The zero-order valence-corrected chi connectivity index (χ0v) is 10.5. The summed E-state index contributed by atoms with van der Waals surface area (Å²) in [4.78, 5) is 0. The van der Waals surface area contributed by atoms with Crippen LogP contribution in [0.25, 0.3) is 0 Å². The molecule has 0 fully saturated rings. The van der Waals surface area contributed by atoms with Crippen LogP contribution in [0.2, 0.25) is 0 Å². The van der Waals surface area contributed by atoms with Crippen LogP contribution in [0.15, 0.2) is 48.5 Å². The van der Waals surface area contributed by atoms with E-state index in [9.17, 15) is 10.4 Å². The lowest BCUT2D eigenvalue weighted by molar-refractivity contribution is 0.415. The van der Waals surface area contributed by atoms with Crippen LogP contribution >= 0.6 is 0 Å². The Morgan fingerprint density at radius 3 is 2.42 bits per heavy atom. The SMILES string of the molecule is COc1ccc(NC(C#N)c2ccccc2O)cc1. The van der Waals surface area contributed by atoms with Gasteiger partial charge in [0, 0.05) is 11.3 Å². The maximum atomic E-state index is 9.76. The van der Waals surface area contributed by atoms with Gasteiger partial charge in [-0.2, -0.15) is 5.26 Å². The van der Waals surface area contributed by atoms with Crippen molar-refractivity contribution in [2.75, 3.05) is 12.4 Å². The van der Waals surface area contributed by atoms with Gasteiger partial charge in [0.15, 0.2) is 0 Å². The first-order valence-corrected chi connectivity index (χ1v) is 5.82. The Bertz CT molecular complexity index is 588. The van der Waals surface area contributed by atoms with E-state index in [2.05, 4.69) is 11.4 Å². The van der Waals surface area contributed by atoms with Gasteiger partial charge in [-0.1, -0.05) is 18.2 Å². The van der Waals surface area contributed by atoms with Gasteiger partial charge in [0.1, 0.15) is 17.5 Å². The van der Waals surface area contributed by atoms with Gasteiger partial charge in [0.2, 0.25) is 0 Å². The summed E-state index contributed by atoms with van der Waals surface area (Å²) in [7, 11) is 1.60. The molecule has 0 aliphatic heterocycles. The van der Waals surface area contributed by atoms with E-state index in [4.69, 9.17) is 4.74 Å². The first-order valence-electron chi connectivity index (χ1n) is 5.82. The van der Waals surface area contributed by atoms with E-state index >= 15 is 0 Å². The van der Waals surface area contributed by atoms with Crippen LogP contribution in [0.3, 0.4) is 0 Å². The Labute approximate surface area is 111 Å². The molecule has 0 bridgehead atoms. The fourth-order valence-corrected chi connectivity index (χ4v) is 1.77. The average molecular weight is 254 g/mol. The molecule has 19 heavy (non-hydrogen) atoms. The van der Waals surface area contributed by atoms with Gasteiger partial charge >= 0.3 is 0 Å². The summed E-state index contributed by atoms with van der Waals surface area (Å²) >= 11 is 0. The summed E-state index contributed by atoms with van der Waals surface area (Å²) in [6.07, 6.45) is 0. The van der Waals surface area contributed by atoms with Crippen molar-refractivity contribution in [1.82, 2.24) is 0 Å². The molecule has 0 saturated carbocycles. The van der Waals surface area contributed by atoms with Crippen LogP contribution in [0.5, 0.6) is 11.5 Å². The molecule has 2 aromatic carbocycles. The van der Waals surface area contributed by atoms with Crippen molar-refractivity contribution in [3.8, 4) is 17.6 Å². The number of phenolic OH excluding ortho intramolecular Hbond substituents is 1. The number of aromatic hydroxyl groups is 1. The number of nitriles is 1. The van der Waals surface area contributed by atoms with Crippen molar-refractivity contribution < 1.29 is 9.84 Å². The Hall–Kier alpha value is -2.67. The van der Waals surface area contributed by atoms with Gasteiger partial charge in [0.25, 0.3) is 0 Å². The zero-order chi connectivity index (χ0) is 13.7. The standard InChI is InChI=1S/C15H14N2O2/c1-19-12-8-6-11(7-9-12)17-14(10-16)13-4-2-3-5-15(13)18/h2-9,14,17-18H,1H3. The third-order valence-electron chi connectivity index (χ3n) is 2.78. The van der Waals surface area contributed by atoms with Gasteiger partial charge < -0.3 is 15.2 Å². The van der Waals surface area contributed by atoms with Gasteiger partial charge in [-0.3, -0.25) is 0 Å². The van der Waals surface area contributed by atoms with E-state index in [0.29, 0.717) is 5.56 Å². The molecule has 0 aliphatic carbocycles. The number of hydrogen-bond donors (Lipinski definition) is 2. The van der Waals surface area contributed by atoms with Gasteiger partial charge in [-0.05, 0) is 30.3 Å². The van der Waals surface area contributed by atoms with Crippen molar-refractivity contribution in [2.45, 2.75) is 6.04 Å². The molecule has 2 N–H and O–H groups in total. The molecule has 0 amide bonds. The topological polar surface area (TPSA) is 65.3 Å². The second kappa shape index (κ2) is 5.78. The van der Waals surface area contributed by atoms with Crippen LogP contribution in [0.1, 0.15) is 11.6 Å². The third kappa shape index (κ3) is 2.96. The summed E-state index contributed by atoms with van der Waals surface area (Å²) in [6, 6.07) is 15.6. The Morgan fingerprint density at radius 1 is 1.16 bits per heavy atom. The number of para-hydroxylation sites is 1. The van der Waals surface area contributed by atoms with E-state index in [0.717, 1.165) is 11.4 Å². The molecule has 2 rings (SSSR count). The highest BCUT2D eigenvalue weighted by atomic mass is 16.5. The number of anilines is 1. The smallest absolute Gasteiger partial charge is 0.143 e. The summed E-state index contributed by atoms with van der Waals surface area (Å²) in [5, 5.41) is 22.0. The summed E-state index contributed by atoms with van der Waals surface area (Å²) in [5.74, 6) is 0.858. The van der Waals surface area contributed by atoms with Crippen LogP contribution in [0, 0.1) is 11.3 Å². The average Bonchev–Trinajstić information content (AvgIpc) is 2.46. The maximum Gasteiger partial charge on any atom is 0.143 e. The highest BCUT2D eigenvalue weighted by Crippen LogP contribution is 2.27. The number of phenols is 1. The van der Waals surface area contributed by atoms with E-state index in [1.807, 2.05) is 24.3 Å². The van der Waals surface area contributed by atoms with Gasteiger partial charge in [-0.25, -0.2) is 0 Å². The van der Waals surface area contributed by atoms with Crippen molar-refractivity contribution in [2.24, 2.45) is 0 Å².